The second-order valence-electron chi connectivity index (χ2n) is 4.16. The molecular weight excluding hydrogens is 268 g/mol. The van der Waals surface area contributed by atoms with Crippen molar-refractivity contribution in [3.05, 3.63) is 12.8 Å². The zero-order valence-corrected chi connectivity index (χ0v) is 11.3. The minimum atomic E-state index is -4.92. The molecule has 9 heteroatoms. The Kier molecular flexibility index (Phi) is 4.59. The van der Waals surface area contributed by atoms with Gasteiger partial charge in [-0.1, -0.05) is 0 Å². The highest BCUT2D eigenvalue weighted by Crippen LogP contribution is 2.62. The molecule has 100 valence electrons. The van der Waals surface area contributed by atoms with Gasteiger partial charge < -0.3 is 19.6 Å². The average molecular weight is 285 g/mol. The molecule has 1 rings (SSSR count). The van der Waals surface area contributed by atoms with E-state index in [1.165, 1.54) is 4.90 Å². The zero-order chi connectivity index (χ0) is 13.4. The van der Waals surface area contributed by atoms with Gasteiger partial charge in [0.15, 0.2) is 0 Å². The Morgan fingerprint density at radius 3 is 1.71 bits per heavy atom. The smallest absolute Gasteiger partial charge is 0.323 e. The predicted octanol–water partition coefficient (Wildman–Crippen LogP) is 0.517. The van der Waals surface area contributed by atoms with Crippen molar-refractivity contribution in [2.45, 2.75) is 37.9 Å². The maximum absolute atomic E-state index is 11.3. The Hall–Kier alpha value is 0.260. The highest BCUT2D eigenvalue weighted by Gasteiger charge is 2.51. The topological polar surface area (TPSA) is 118 Å². The van der Waals surface area contributed by atoms with Crippen molar-refractivity contribution in [2.75, 3.05) is 0 Å². The van der Waals surface area contributed by atoms with Crippen molar-refractivity contribution in [1.29, 1.82) is 0 Å². The fourth-order valence-electron chi connectivity index (χ4n) is 2.05. The summed E-state index contributed by atoms with van der Waals surface area (Å²) in [5.74, 6) is 0. The molecule has 1 saturated heterocycles. The van der Waals surface area contributed by atoms with Crippen molar-refractivity contribution >= 4 is 15.2 Å². The van der Waals surface area contributed by atoms with E-state index in [0.717, 1.165) is 0 Å². The van der Waals surface area contributed by atoms with Crippen LogP contribution in [-0.4, -0.2) is 42.1 Å². The average Bonchev–Trinajstić information content (AvgIpc) is 2.06. The van der Waals surface area contributed by atoms with Crippen LogP contribution in [0.3, 0.4) is 0 Å². The Morgan fingerprint density at radius 1 is 1.06 bits per heavy atom. The molecule has 1 aliphatic heterocycles. The van der Waals surface area contributed by atoms with E-state index in [9.17, 15) is 9.13 Å². The Bertz CT molecular complexity index is 331. The lowest BCUT2D eigenvalue weighted by atomic mass is 9.99. The number of hydrogen-bond acceptors (Lipinski definition) is 3. The van der Waals surface area contributed by atoms with Crippen molar-refractivity contribution in [2.24, 2.45) is 0 Å². The van der Waals surface area contributed by atoms with Gasteiger partial charge in [0.2, 0.25) is 5.52 Å². The molecule has 0 saturated carbocycles. The van der Waals surface area contributed by atoms with E-state index in [1.54, 1.807) is 26.7 Å². The van der Waals surface area contributed by atoms with Gasteiger partial charge in [0.25, 0.3) is 0 Å². The number of hydrogen-bond donors (Lipinski definition) is 4. The second kappa shape index (κ2) is 5.10. The normalized spacial score (nSPS) is 28.6. The van der Waals surface area contributed by atoms with E-state index in [4.69, 9.17) is 19.6 Å². The van der Waals surface area contributed by atoms with Crippen LogP contribution < -0.4 is 0 Å². The van der Waals surface area contributed by atoms with Gasteiger partial charge in [0.05, 0.1) is 0 Å². The van der Waals surface area contributed by atoms with E-state index >= 15 is 0 Å². The largest absolute Gasteiger partial charge is 0.355 e. The van der Waals surface area contributed by atoms with Gasteiger partial charge in [-0.15, -0.1) is 0 Å². The summed E-state index contributed by atoms with van der Waals surface area (Å²) in [5, 5.41) is 0. The van der Waals surface area contributed by atoms with Crippen LogP contribution in [0.1, 0.15) is 20.3 Å². The summed E-state index contributed by atoms with van der Waals surface area (Å²) in [6.45, 7) is 3.31. The summed E-state index contributed by atoms with van der Waals surface area (Å²) in [4.78, 5) is 37.8. The van der Waals surface area contributed by atoms with Crippen molar-refractivity contribution < 1.29 is 28.7 Å². The zero-order valence-electron chi connectivity index (χ0n) is 9.54. The summed E-state index contributed by atoms with van der Waals surface area (Å²) < 4.78 is 22.6. The third kappa shape index (κ3) is 3.61. The first-order valence-electron chi connectivity index (χ1n) is 5.09. The predicted molar refractivity (Wildman–Crippen MR) is 61.9 cm³/mol. The number of likely N-dealkylation sites (tertiary alicyclic amines) is 1. The number of piperidine rings is 1. The summed E-state index contributed by atoms with van der Waals surface area (Å²) in [5.41, 5.74) is -2.08. The van der Waals surface area contributed by atoms with Gasteiger partial charge in [-0.2, -0.15) is 0 Å². The monoisotopic (exact) mass is 285 g/mol. The third-order valence-corrected chi connectivity index (χ3v) is 6.31. The first-order chi connectivity index (χ1) is 7.55. The molecule has 0 aliphatic carbocycles. The molecule has 2 atom stereocenters. The fraction of sp³-hybridized carbons (Fsp3) is 0.750. The van der Waals surface area contributed by atoms with Crippen LogP contribution in [0.5, 0.6) is 0 Å². The molecule has 1 aliphatic rings. The lowest BCUT2D eigenvalue weighted by Gasteiger charge is -2.43. The third-order valence-electron chi connectivity index (χ3n) is 2.76. The minimum Gasteiger partial charge on any atom is -0.323 e. The van der Waals surface area contributed by atoms with Crippen LogP contribution in [0, 0.1) is 12.8 Å². The highest BCUT2D eigenvalue weighted by atomic mass is 31.2. The lowest BCUT2D eigenvalue weighted by Crippen LogP contribution is -2.50. The van der Waals surface area contributed by atoms with Crippen LogP contribution in [-0.2, 0) is 9.13 Å². The SMILES string of the molecule is CC1[CH]C[CH]C(C)N1C(P(=O)(O)O)P(=O)(O)O. The Labute approximate surface area is 100 Å². The molecule has 0 spiro atoms. The molecule has 0 amide bonds. The van der Waals surface area contributed by atoms with Crippen molar-refractivity contribution in [3.63, 3.8) is 0 Å². The summed E-state index contributed by atoms with van der Waals surface area (Å²) in [7, 11) is -9.84. The maximum atomic E-state index is 11.3. The summed E-state index contributed by atoms with van der Waals surface area (Å²) in [6, 6.07) is -0.805. The highest BCUT2D eigenvalue weighted by molar-refractivity contribution is 7.70. The molecule has 1 fully saturated rings. The van der Waals surface area contributed by atoms with E-state index in [1.807, 2.05) is 0 Å². The van der Waals surface area contributed by atoms with Crippen molar-refractivity contribution in [3.8, 4) is 0 Å². The van der Waals surface area contributed by atoms with Gasteiger partial charge in [0, 0.05) is 12.1 Å². The van der Waals surface area contributed by atoms with E-state index in [0.29, 0.717) is 6.42 Å². The molecule has 0 aromatic rings. The first kappa shape index (κ1) is 15.3. The molecule has 0 bridgehead atoms. The van der Waals surface area contributed by atoms with Crippen LogP contribution >= 0.6 is 15.2 Å². The number of nitrogens with zero attached hydrogens (tertiary/aromatic N) is 1. The van der Waals surface area contributed by atoms with Gasteiger partial charge in [-0.05, 0) is 33.1 Å². The summed E-state index contributed by atoms with van der Waals surface area (Å²) in [6.07, 6.45) is 4.14. The standard InChI is InChI=1S/C8H17NO6P2/c1-6-4-3-5-7(2)9(6)8(16(10,11)12)17(13,14)15/h4-8H,3H2,1-2H3,(H2,10,11,12)(H2,13,14,15). The molecule has 7 nitrogen and oxygen atoms in total. The molecule has 2 radical (unpaired) electrons. The molecule has 0 aromatic heterocycles. The van der Waals surface area contributed by atoms with Crippen LogP contribution in [0.15, 0.2) is 0 Å². The Morgan fingerprint density at radius 2 is 1.41 bits per heavy atom. The molecule has 17 heavy (non-hydrogen) atoms. The van der Waals surface area contributed by atoms with Crippen LogP contribution in [0.2, 0.25) is 0 Å². The fourth-order valence-corrected chi connectivity index (χ4v) is 5.15. The van der Waals surface area contributed by atoms with Crippen molar-refractivity contribution in [1.82, 2.24) is 4.90 Å². The molecule has 4 N–H and O–H groups in total. The van der Waals surface area contributed by atoms with E-state index in [2.05, 4.69) is 0 Å². The molecular formula is C8H17NO6P2. The first-order valence-corrected chi connectivity index (χ1v) is 8.46. The quantitative estimate of drug-likeness (QED) is 0.558. The summed E-state index contributed by atoms with van der Waals surface area (Å²) >= 11 is 0. The van der Waals surface area contributed by atoms with Gasteiger partial charge in [-0.3, -0.25) is 14.0 Å². The van der Waals surface area contributed by atoms with Gasteiger partial charge in [0.1, 0.15) is 0 Å². The lowest BCUT2D eigenvalue weighted by molar-refractivity contribution is 0.147. The van der Waals surface area contributed by atoms with Gasteiger partial charge in [-0.25, -0.2) is 0 Å². The van der Waals surface area contributed by atoms with E-state index in [-0.39, 0.29) is 0 Å². The number of rotatable bonds is 3. The van der Waals surface area contributed by atoms with Crippen LogP contribution in [0.25, 0.3) is 0 Å². The molecule has 1 heterocycles. The van der Waals surface area contributed by atoms with Crippen LogP contribution in [0.4, 0.5) is 0 Å². The van der Waals surface area contributed by atoms with E-state index < -0.39 is 32.8 Å². The molecule has 2 unspecified atom stereocenters. The van der Waals surface area contributed by atoms with Gasteiger partial charge >= 0.3 is 15.2 Å². The molecule has 0 aromatic carbocycles. The second-order valence-corrected chi connectivity index (χ2v) is 7.90. The maximum Gasteiger partial charge on any atom is 0.355 e. The Balaban J connectivity index is 3.14. The minimum absolute atomic E-state index is 0.403.